The zero-order valence-electron chi connectivity index (χ0n) is 15.0. The number of hydrogen-bond donors (Lipinski definition) is 2. The SMILES string of the molecule is CN=C(NCC(C)(C)NS(C)(=O)=O)N1CCOC(C2CCCO2)C1. The van der Waals surface area contributed by atoms with Crippen molar-refractivity contribution in [3.63, 3.8) is 0 Å². The smallest absolute Gasteiger partial charge is 0.209 e. The first kappa shape index (κ1) is 19.4. The topological polar surface area (TPSA) is 92.3 Å². The summed E-state index contributed by atoms with van der Waals surface area (Å²) in [5.74, 6) is 0.754. The molecular weight excluding hydrogens is 332 g/mol. The van der Waals surface area contributed by atoms with Crippen LogP contribution >= 0.6 is 0 Å². The summed E-state index contributed by atoms with van der Waals surface area (Å²) < 4.78 is 37.1. The van der Waals surface area contributed by atoms with Gasteiger partial charge >= 0.3 is 0 Å². The molecule has 0 aromatic carbocycles. The van der Waals surface area contributed by atoms with Gasteiger partial charge in [-0.25, -0.2) is 13.1 Å². The predicted octanol–water partition coefficient (Wildman–Crippen LogP) is -0.231. The molecule has 2 fully saturated rings. The van der Waals surface area contributed by atoms with Gasteiger partial charge in [0, 0.05) is 38.8 Å². The number of guanidine groups is 1. The molecule has 2 saturated heterocycles. The molecule has 0 aliphatic carbocycles. The number of morpholine rings is 1. The molecule has 0 bridgehead atoms. The molecule has 2 atom stereocenters. The van der Waals surface area contributed by atoms with Crippen molar-refractivity contribution in [2.24, 2.45) is 4.99 Å². The van der Waals surface area contributed by atoms with Crippen molar-refractivity contribution >= 4 is 16.0 Å². The van der Waals surface area contributed by atoms with Crippen LogP contribution in [0.1, 0.15) is 26.7 Å². The molecule has 8 nitrogen and oxygen atoms in total. The number of ether oxygens (including phenoxy) is 2. The van der Waals surface area contributed by atoms with Gasteiger partial charge in [0.25, 0.3) is 0 Å². The molecule has 9 heteroatoms. The summed E-state index contributed by atoms with van der Waals surface area (Å²) >= 11 is 0. The molecule has 0 saturated carbocycles. The third kappa shape index (κ3) is 5.87. The second kappa shape index (κ2) is 7.99. The van der Waals surface area contributed by atoms with Gasteiger partial charge in [0.05, 0.1) is 19.0 Å². The van der Waals surface area contributed by atoms with Crippen LogP contribution in [0.15, 0.2) is 4.99 Å². The van der Waals surface area contributed by atoms with Gasteiger partial charge in [-0.15, -0.1) is 0 Å². The third-order valence-electron chi connectivity index (χ3n) is 4.13. The number of sulfonamides is 1. The fraction of sp³-hybridized carbons (Fsp3) is 0.933. The Balaban J connectivity index is 1.90. The summed E-state index contributed by atoms with van der Waals surface area (Å²) in [7, 11) is -1.53. The minimum absolute atomic E-state index is 0.0574. The van der Waals surface area contributed by atoms with Crippen molar-refractivity contribution in [3.05, 3.63) is 0 Å². The van der Waals surface area contributed by atoms with Gasteiger partial charge in [-0.2, -0.15) is 0 Å². The summed E-state index contributed by atoms with van der Waals surface area (Å²) in [6.45, 7) is 7.03. The molecule has 2 N–H and O–H groups in total. The Morgan fingerprint density at radius 1 is 1.29 bits per heavy atom. The number of aliphatic imine (C=N–C) groups is 1. The number of nitrogens with zero attached hydrogens (tertiary/aromatic N) is 2. The van der Waals surface area contributed by atoms with Crippen molar-refractivity contribution < 1.29 is 17.9 Å². The monoisotopic (exact) mass is 362 g/mol. The maximum Gasteiger partial charge on any atom is 0.209 e. The van der Waals surface area contributed by atoms with Gasteiger partial charge in [0.15, 0.2) is 5.96 Å². The molecule has 140 valence electrons. The van der Waals surface area contributed by atoms with E-state index in [1.165, 1.54) is 0 Å². The Labute approximate surface area is 145 Å². The molecule has 2 rings (SSSR count). The second-order valence-corrected chi connectivity index (χ2v) is 8.81. The number of hydrogen-bond acceptors (Lipinski definition) is 5. The lowest BCUT2D eigenvalue weighted by molar-refractivity contribution is -0.0817. The van der Waals surface area contributed by atoms with E-state index in [0.717, 1.165) is 44.8 Å². The summed E-state index contributed by atoms with van der Waals surface area (Å²) in [6, 6.07) is 0. The molecule has 0 amide bonds. The maximum absolute atomic E-state index is 11.4. The van der Waals surface area contributed by atoms with E-state index < -0.39 is 15.6 Å². The summed E-state index contributed by atoms with van der Waals surface area (Å²) in [4.78, 5) is 6.48. The summed E-state index contributed by atoms with van der Waals surface area (Å²) in [5, 5.41) is 3.27. The highest BCUT2D eigenvalue weighted by atomic mass is 32.2. The van der Waals surface area contributed by atoms with Crippen LogP contribution in [-0.2, 0) is 19.5 Å². The van der Waals surface area contributed by atoms with Gasteiger partial charge in [-0.1, -0.05) is 0 Å². The van der Waals surface area contributed by atoms with Crippen molar-refractivity contribution in [1.29, 1.82) is 0 Å². The lowest BCUT2D eigenvalue weighted by Gasteiger charge is -2.38. The fourth-order valence-corrected chi connectivity index (χ4v) is 4.23. The van der Waals surface area contributed by atoms with Crippen LogP contribution in [-0.4, -0.2) is 83.2 Å². The van der Waals surface area contributed by atoms with E-state index in [0.29, 0.717) is 13.2 Å². The quantitative estimate of drug-likeness (QED) is 0.518. The minimum atomic E-state index is -3.26. The molecular formula is C15H30N4O4S. The minimum Gasteiger partial charge on any atom is -0.375 e. The van der Waals surface area contributed by atoms with E-state index in [-0.39, 0.29) is 12.2 Å². The fourth-order valence-electron chi connectivity index (χ4n) is 3.16. The number of nitrogens with one attached hydrogen (secondary N) is 2. The Morgan fingerprint density at radius 3 is 2.58 bits per heavy atom. The van der Waals surface area contributed by atoms with Crippen LogP contribution in [0.4, 0.5) is 0 Å². The van der Waals surface area contributed by atoms with E-state index in [9.17, 15) is 8.42 Å². The zero-order chi connectivity index (χ0) is 17.8. The van der Waals surface area contributed by atoms with Gasteiger partial charge in [-0.3, -0.25) is 4.99 Å². The average Bonchev–Trinajstić information content (AvgIpc) is 3.00. The van der Waals surface area contributed by atoms with Crippen molar-refractivity contribution in [3.8, 4) is 0 Å². The molecule has 2 aliphatic rings. The highest BCUT2D eigenvalue weighted by Gasteiger charge is 2.32. The predicted molar refractivity (Wildman–Crippen MR) is 93.7 cm³/mol. The van der Waals surface area contributed by atoms with Crippen LogP contribution in [0.3, 0.4) is 0 Å². The Hall–Kier alpha value is -0.900. The Bertz CT molecular complexity index is 544. The van der Waals surface area contributed by atoms with E-state index in [1.54, 1.807) is 7.05 Å². The maximum atomic E-state index is 11.4. The Kier molecular flexibility index (Phi) is 6.46. The van der Waals surface area contributed by atoms with Crippen molar-refractivity contribution in [2.45, 2.75) is 44.4 Å². The zero-order valence-corrected chi connectivity index (χ0v) is 15.9. The Morgan fingerprint density at radius 2 is 2.00 bits per heavy atom. The van der Waals surface area contributed by atoms with Crippen LogP contribution < -0.4 is 10.0 Å². The highest BCUT2D eigenvalue weighted by Crippen LogP contribution is 2.21. The first-order valence-corrected chi connectivity index (χ1v) is 10.3. The van der Waals surface area contributed by atoms with Gasteiger partial charge in [-0.05, 0) is 26.7 Å². The lowest BCUT2D eigenvalue weighted by Crippen LogP contribution is -2.57. The summed E-state index contributed by atoms with van der Waals surface area (Å²) in [6.07, 6.45) is 3.51. The van der Waals surface area contributed by atoms with Crippen LogP contribution in [0, 0.1) is 0 Å². The lowest BCUT2D eigenvalue weighted by atomic mass is 10.1. The molecule has 0 aromatic rings. The molecule has 0 radical (unpaired) electrons. The molecule has 2 unspecified atom stereocenters. The van der Waals surface area contributed by atoms with Crippen LogP contribution in [0.5, 0.6) is 0 Å². The van der Waals surface area contributed by atoms with Crippen LogP contribution in [0.2, 0.25) is 0 Å². The number of rotatable bonds is 5. The first-order valence-electron chi connectivity index (χ1n) is 8.38. The second-order valence-electron chi connectivity index (χ2n) is 7.07. The largest absolute Gasteiger partial charge is 0.375 e. The van der Waals surface area contributed by atoms with Crippen molar-refractivity contribution in [2.75, 3.05) is 46.2 Å². The average molecular weight is 362 g/mol. The normalized spacial score (nSPS) is 26.7. The highest BCUT2D eigenvalue weighted by molar-refractivity contribution is 7.88. The van der Waals surface area contributed by atoms with E-state index >= 15 is 0 Å². The summed E-state index contributed by atoms with van der Waals surface area (Å²) in [5.41, 5.74) is -0.607. The van der Waals surface area contributed by atoms with Gasteiger partial charge in [0.1, 0.15) is 6.10 Å². The molecule has 0 aromatic heterocycles. The molecule has 0 spiro atoms. The molecule has 2 heterocycles. The van der Waals surface area contributed by atoms with Gasteiger partial charge in [0.2, 0.25) is 10.0 Å². The van der Waals surface area contributed by atoms with E-state index in [1.807, 2.05) is 13.8 Å². The van der Waals surface area contributed by atoms with Gasteiger partial charge < -0.3 is 19.7 Å². The van der Waals surface area contributed by atoms with Crippen LogP contribution in [0.25, 0.3) is 0 Å². The van der Waals surface area contributed by atoms with Crippen molar-refractivity contribution in [1.82, 2.24) is 14.9 Å². The first-order chi connectivity index (χ1) is 11.2. The van der Waals surface area contributed by atoms with E-state index in [2.05, 4.69) is 19.9 Å². The van der Waals surface area contributed by atoms with E-state index in [4.69, 9.17) is 9.47 Å². The molecule has 2 aliphatic heterocycles. The third-order valence-corrected chi connectivity index (χ3v) is 5.06. The molecule has 24 heavy (non-hydrogen) atoms. The standard InChI is InChI=1S/C15H30N4O4S/c1-15(2,18-24(4,20)21)11-17-14(16-3)19-7-9-23-13(10-19)12-6-5-8-22-12/h12-13,18H,5-11H2,1-4H3,(H,16,17).